The third-order valence-electron chi connectivity index (χ3n) is 5.18. The van der Waals surface area contributed by atoms with E-state index in [1.165, 1.54) is 0 Å². The molecule has 0 aliphatic carbocycles. The van der Waals surface area contributed by atoms with E-state index in [1.54, 1.807) is 23.5 Å². The van der Waals surface area contributed by atoms with E-state index in [0.29, 0.717) is 29.4 Å². The Bertz CT molecular complexity index is 1010. The lowest BCUT2D eigenvalue weighted by Crippen LogP contribution is -2.42. The Labute approximate surface area is 186 Å². The number of benzene rings is 1. The quantitative estimate of drug-likeness (QED) is 0.167. The van der Waals surface area contributed by atoms with Gasteiger partial charge in [0.15, 0.2) is 0 Å². The molecule has 0 saturated carbocycles. The summed E-state index contributed by atoms with van der Waals surface area (Å²) in [7, 11) is 1.58. The van der Waals surface area contributed by atoms with E-state index < -0.39 is 45.7 Å². The SMILES string of the molecule is BCc1c(B)c(CB)c(C(=O)OC(CS(=O)(=O)O)C(F)(F)F)c(C(=O)OCC2CO2)c1B. The molecule has 1 aromatic carbocycles. The first-order valence-electron chi connectivity index (χ1n) is 9.87. The van der Waals surface area contributed by atoms with Gasteiger partial charge in [0.05, 0.1) is 17.7 Å². The average Bonchev–Trinajstić information content (AvgIpc) is 3.48. The predicted molar refractivity (Wildman–Crippen MR) is 119 cm³/mol. The van der Waals surface area contributed by atoms with Crippen molar-refractivity contribution >= 4 is 64.4 Å². The molecule has 1 N–H and O–H groups in total. The fraction of sp³-hybridized carbons (Fsp3) is 0.500. The zero-order valence-electron chi connectivity index (χ0n) is 18.0. The third-order valence-corrected chi connectivity index (χ3v) is 5.90. The van der Waals surface area contributed by atoms with Gasteiger partial charge < -0.3 is 14.2 Å². The van der Waals surface area contributed by atoms with Crippen LogP contribution in [0.5, 0.6) is 0 Å². The van der Waals surface area contributed by atoms with Gasteiger partial charge in [0.1, 0.15) is 49.8 Å². The monoisotopic (exact) mass is 474 g/mol. The molecule has 16 heteroatoms. The van der Waals surface area contributed by atoms with Crippen molar-refractivity contribution in [3.05, 3.63) is 22.3 Å². The van der Waals surface area contributed by atoms with Crippen LogP contribution in [-0.2, 0) is 37.0 Å². The minimum atomic E-state index is -5.27. The van der Waals surface area contributed by atoms with E-state index in [4.69, 9.17) is 14.0 Å². The number of carbonyl (C=O) groups is 2. The second kappa shape index (κ2) is 9.92. The first-order valence-corrected chi connectivity index (χ1v) is 11.5. The maximum absolute atomic E-state index is 13.3. The second-order valence-corrected chi connectivity index (χ2v) is 8.90. The number of ether oxygens (including phenoxy) is 3. The van der Waals surface area contributed by atoms with Gasteiger partial charge in [-0.25, -0.2) is 9.59 Å². The van der Waals surface area contributed by atoms with Crippen molar-refractivity contribution in [2.45, 2.75) is 31.0 Å². The molecular formula is C16H21B4F3O8S. The molecule has 1 heterocycles. The van der Waals surface area contributed by atoms with Crippen LogP contribution in [0.4, 0.5) is 13.2 Å². The summed E-state index contributed by atoms with van der Waals surface area (Å²) in [6.07, 6.45) is -7.99. The van der Waals surface area contributed by atoms with E-state index in [1.807, 2.05) is 7.85 Å². The molecule has 1 aromatic rings. The Morgan fingerprint density at radius 2 is 1.66 bits per heavy atom. The highest BCUT2D eigenvalue weighted by atomic mass is 32.2. The van der Waals surface area contributed by atoms with Crippen LogP contribution < -0.4 is 10.9 Å². The van der Waals surface area contributed by atoms with Gasteiger partial charge in [-0.1, -0.05) is 29.1 Å². The molecule has 2 atom stereocenters. The van der Waals surface area contributed by atoms with E-state index in [9.17, 15) is 31.2 Å². The highest BCUT2D eigenvalue weighted by molar-refractivity contribution is 7.85. The summed E-state index contributed by atoms with van der Waals surface area (Å²) >= 11 is 0. The molecule has 1 aliphatic rings. The summed E-state index contributed by atoms with van der Waals surface area (Å²) in [6.45, 7) is 0.315. The molecule has 1 saturated heterocycles. The molecule has 0 spiro atoms. The number of epoxide rings is 1. The molecule has 0 radical (unpaired) electrons. The molecule has 2 rings (SSSR count). The van der Waals surface area contributed by atoms with Crippen molar-refractivity contribution < 1.29 is 49.9 Å². The summed E-state index contributed by atoms with van der Waals surface area (Å²) in [6, 6.07) is 0. The predicted octanol–water partition coefficient (Wildman–Crippen LogP) is -4.00. The molecule has 32 heavy (non-hydrogen) atoms. The summed E-state index contributed by atoms with van der Waals surface area (Å²) in [4.78, 5) is 25.8. The first-order chi connectivity index (χ1) is 14.7. The van der Waals surface area contributed by atoms with Gasteiger partial charge in [0.25, 0.3) is 10.1 Å². The Kier molecular flexibility index (Phi) is 8.16. The van der Waals surface area contributed by atoms with Gasteiger partial charge >= 0.3 is 18.1 Å². The molecule has 1 aliphatic heterocycles. The van der Waals surface area contributed by atoms with Gasteiger partial charge in [0, 0.05) is 0 Å². The fourth-order valence-corrected chi connectivity index (χ4v) is 4.21. The van der Waals surface area contributed by atoms with Gasteiger partial charge in [-0.05, 0) is 5.56 Å². The van der Waals surface area contributed by atoms with Crippen LogP contribution in [0.3, 0.4) is 0 Å². The Balaban J connectivity index is 2.59. The lowest BCUT2D eigenvalue weighted by atomic mass is 9.68. The normalized spacial score (nSPS) is 16.9. The highest BCUT2D eigenvalue weighted by Crippen LogP contribution is 2.27. The maximum Gasteiger partial charge on any atom is 0.426 e. The second-order valence-electron chi connectivity index (χ2n) is 7.40. The molecule has 172 valence electrons. The van der Waals surface area contributed by atoms with Gasteiger partial charge in [-0.15, -0.1) is 0 Å². The highest BCUT2D eigenvalue weighted by Gasteiger charge is 2.46. The Morgan fingerprint density at radius 3 is 2.09 bits per heavy atom. The van der Waals surface area contributed by atoms with Crippen molar-refractivity contribution in [2.75, 3.05) is 19.0 Å². The largest absolute Gasteiger partial charge is 0.459 e. The van der Waals surface area contributed by atoms with Crippen molar-refractivity contribution in [1.29, 1.82) is 0 Å². The smallest absolute Gasteiger partial charge is 0.426 e. The molecule has 0 aromatic heterocycles. The Hall–Kier alpha value is -1.92. The summed E-state index contributed by atoms with van der Waals surface area (Å²) < 4.78 is 85.5. The molecule has 8 nitrogen and oxygen atoms in total. The van der Waals surface area contributed by atoms with Crippen molar-refractivity contribution in [3.8, 4) is 0 Å². The zero-order valence-corrected chi connectivity index (χ0v) is 18.9. The van der Waals surface area contributed by atoms with Crippen LogP contribution in [0.25, 0.3) is 0 Å². The first kappa shape index (κ1) is 26.3. The van der Waals surface area contributed by atoms with Gasteiger partial charge in [-0.3, -0.25) is 4.55 Å². The number of alkyl halides is 3. The minimum Gasteiger partial charge on any atom is -0.459 e. The lowest BCUT2D eigenvalue weighted by molar-refractivity contribution is -0.197. The molecule has 1 fully saturated rings. The van der Waals surface area contributed by atoms with Crippen LogP contribution in [0, 0.1) is 0 Å². The van der Waals surface area contributed by atoms with E-state index in [2.05, 4.69) is 4.74 Å². The molecule has 0 amide bonds. The number of halogens is 3. The molecule has 2 unspecified atom stereocenters. The van der Waals surface area contributed by atoms with Crippen LogP contribution in [0.15, 0.2) is 0 Å². The van der Waals surface area contributed by atoms with Crippen LogP contribution in [0.2, 0.25) is 0 Å². The minimum absolute atomic E-state index is 0.0858. The fourth-order valence-electron chi connectivity index (χ4n) is 3.57. The number of rotatable bonds is 9. The number of hydrogen-bond donors (Lipinski definition) is 1. The average molecular weight is 474 g/mol. The molecule has 0 bridgehead atoms. The van der Waals surface area contributed by atoms with E-state index in [-0.39, 0.29) is 24.6 Å². The van der Waals surface area contributed by atoms with Crippen molar-refractivity contribution in [2.24, 2.45) is 0 Å². The number of hydrogen-bond acceptors (Lipinski definition) is 7. The van der Waals surface area contributed by atoms with Crippen LogP contribution in [0.1, 0.15) is 31.8 Å². The zero-order chi connectivity index (χ0) is 24.4. The standard InChI is InChI=1S/C16H21B4F3O8S/c17-1-7-10(15(25)31-9(16(21,22)23)5-32(26,27)28)11(13(20)8(2-18)12(7)19)14(24)30-4-6-3-29-6/h6,9H,1-5,17-20H2,(H,26,27,28). The summed E-state index contributed by atoms with van der Waals surface area (Å²) in [5.41, 5.74) is 1.35. The van der Waals surface area contributed by atoms with Gasteiger partial charge in [0.2, 0.25) is 6.10 Å². The van der Waals surface area contributed by atoms with Crippen molar-refractivity contribution in [1.82, 2.24) is 0 Å². The lowest BCUT2D eigenvalue weighted by Gasteiger charge is -2.24. The van der Waals surface area contributed by atoms with Crippen LogP contribution in [-0.4, -0.2) is 93.6 Å². The van der Waals surface area contributed by atoms with Crippen molar-refractivity contribution in [3.63, 3.8) is 0 Å². The Morgan fingerprint density at radius 1 is 1.09 bits per heavy atom. The van der Waals surface area contributed by atoms with E-state index >= 15 is 0 Å². The third kappa shape index (κ3) is 6.32. The topological polar surface area (TPSA) is 120 Å². The van der Waals surface area contributed by atoms with Crippen LogP contribution >= 0.6 is 0 Å². The number of esters is 2. The summed E-state index contributed by atoms with van der Waals surface area (Å²) in [5, 5.41) is 0. The number of carbonyl (C=O) groups excluding carboxylic acids is 2. The maximum atomic E-state index is 13.3. The summed E-state index contributed by atoms with van der Waals surface area (Å²) in [5.74, 6) is -4.32. The van der Waals surface area contributed by atoms with Gasteiger partial charge in [-0.2, -0.15) is 21.6 Å². The van der Waals surface area contributed by atoms with E-state index in [0.717, 1.165) is 5.56 Å². The molecular weight excluding hydrogens is 452 g/mol.